The fourth-order valence-corrected chi connectivity index (χ4v) is 4.83. The van der Waals surface area contributed by atoms with E-state index in [-0.39, 0.29) is 31.3 Å². The maximum absolute atomic E-state index is 13.3. The van der Waals surface area contributed by atoms with E-state index < -0.39 is 16.1 Å². The lowest BCUT2D eigenvalue weighted by molar-refractivity contribution is -0.140. The lowest BCUT2D eigenvalue weighted by Crippen LogP contribution is -2.48. The number of anilines is 1. The normalized spacial score (nSPS) is 12.2. The molecule has 0 unspecified atom stereocenters. The monoisotopic (exact) mass is 521 g/mol. The first-order valence-corrected chi connectivity index (χ1v) is 14.0. The average Bonchev–Trinajstić information content (AvgIpc) is 2.80. The maximum Gasteiger partial charge on any atom is 0.242 e. The molecule has 0 radical (unpaired) electrons. The van der Waals surface area contributed by atoms with Gasteiger partial charge < -0.3 is 10.2 Å². The molecule has 0 aromatic heterocycles. The fourth-order valence-electron chi connectivity index (χ4n) is 3.67. The lowest BCUT2D eigenvalue weighted by atomic mass is 10.1. The number of sulfonamides is 1. The van der Waals surface area contributed by atoms with Crippen LogP contribution in [0, 0.1) is 13.8 Å². The van der Waals surface area contributed by atoms with Crippen LogP contribution in [0.1, 0.15) is 49.8 Å². The van der Waals surface area contributed by atoms with E-state index in [0.29, 0.717) is 23.7 Å². The van der Waals surface area contributed by atoms with E-state index in [1.165, 1.54) is 9.21 Å². The van der Waals surface area contributed by atoms with Crippen LogP contribution in [-0.2, 0) is 26.2 Å². The van der Waals surface area contributed by atoms with Crippen molar-refractivity contribution in [3.05, 3.63) is 64.2 Å². The zero-order chi connectivity index (χ0) is 26.2. The second kappa shape index (κ2) is 12.9. The predicted molar refractivity (Wildman–Crippen MR) is 142 cm³/mol. The molecule has 0 aliphatic heterocycles. The van der Waals surface area contributed by atoms with E-state index in [1.807, 2.05) is 51.1 Å². The smallest absolute Gasteiger partial charge is 0.242 e. The standard InChI is InChI=1S/C26H36ClN3O4S/c1-6-15-28-26(32)21(4)29(18-22-10-7-8-11-24(22)27)25(31)12-9-16-30(35(5,33)34)23-14-13-19(2)20(3)17-23/h7-8,10-11,13-14,17,21H,6,9,12,15-16,18H2,1-5H3,(H,28,32)/t21-/m1/s1. The molecule has 0 bridgehead atoms. The Balaban J connectivity index is 2.18. The maximum atomic E-state index is 13.3. The Morgan fingerprint density at radius 2 is 1.77 bits per heavy atom. The summed E-state index contributed by atoms with van der Waals surface area (Å²) in [4.78, 5) is 27.4. The van der Waals surface area contributed by atoms with Crippen LogP contribution in [0.25, 0.3) is 0 Å². The van der Waals surface area contributed by atoms with Crippen molar-refractivity contribution in [2.24, 2.45) is 0 Å². The fraction of sp³-hybridized carbons (Fsp3) is 0.462. The minimum atomic E-state index is -3.53. The van der Waals surface area contributed by atoms with Gasteiger partial charge in [-0.15, -0.1) is 0 Å². The third-order valence-corrected chi connectivity index (χ3v) is 7.51. The van der Waals surface area contributed by atoms with Crippen LogP contribution in [0.2, 0.25) is 5.02 Å². The summed E-state index contributed by atoms with van der Waals surface area (Å²) in [6.07, 6.45) is 2.35. The van der Waals surface area contributed by atoms with Crippen molar-refractivity contribution in [3.8, 4) is 0 Å². The molecule has 7 nitrogen and oxygen atoms in total. The largest absolute Gasteiger partial charge is 0.354 e. The summed E-state index contributed by atoms with van der Waals surface area (Å²) in [5.41, 5.74) is 3.38. The molecule has 0 heterocycles. The van der Waals surface area contributed by atoms with Crippen molar-refractivity contribution in [1.29, 1.82) is 0 Å². The summed E-state index contributed by atoms with van der Waals surface area (Å²) in [6.45, 7) is 8.42. The number of nitrogens with zero attached hydrogens (tertiary/aromatic N) is 2. The lowest BCUT2D eigenvalue weighted by Gasteiger charge is -2.29. The van der Waals surface area contributed by atoms with Gasteiger partial charge in [-0.3, -0.25) is 13.9 Å². The van der Waals surface area contributed by atoms with Gasteiger partial charge in [-0.25, -0.2) is 8.42 Å². The summed E-state index contributed by atoms with van der Waals surface area (Å²) in [6, 6.07) is 12.0. The Bertz CT molecular complexity index is 1140. The van der Waals surface area contributed by atoms with Crippen molar-refractivity contribution in [1.82, 2.24) is 10.2 Å². The molecule has 0 fully saturated rings. The number of carbonyl (C=O) groups is 2. The molecule has 192 valence electrons. The summed E-state index contributed by atoms with van der Waals surface area (Å²) >= 11 is 6.32. The second-order valence-electron chi connectivity index (χ2n) is 8.79. The number of nitrogens with one attached hydrogen (secondary N) is 1. The summed E-state index contributed by atoms with van der Waals surface area (Å²) in [5.74, 6) is -0.474. The summed E-state index contributed by atoms with van der Waals surface area (Å²) in [7, 11) is -3.53. The highest BCUT2D eigenvalue weighted by molar-refractivity contribution is 7.92. The number of amides is 2. The van der Waals surface area contributed by atoms with Crippen LogP contribution < -0.4 is 9.62 Å². The number of rotatable bonds is 12. The average molecular weight is 522 g/mol. The first-order chi connectivity index (χ1) is 16.5. The van der Waals surface area contributed by atoms with Crippen LogP contribution in [0.5, 0.6) is 0 Å². The summed E-state index contributed by atoms with van der Waals surface area (Å²) < 4.78 is 26.3. The van der Waals surface area contributed by atoms with Crippen LogP contribution in [0.15, 0.2) is 42.5 Å². The molecule has 2 aromatic rings. The van der Waals surface area contributed by atoms with E-state index in [1.54, 1.807) is 19.1 Å². The van der Waals surface area contributed by atoms with Gasteiger partial charge in [-0.2, -0.15) is 0 Å². The van der Waals surface area contributed by atoms with Gasteiger partial charge in [0.1, 0.15) is 6.04 Å². The van der Waals surface area contributed by atoms with Crippen molar-refractivity contribution < 1.29 is 18.0 Å². The highest BCUT2D eigenvalue weighted by atomic mass is 35.5. The van der Waals surface area contributed by atoms with E-state index in [9.17, 15) is 18.0 Å². The van der Waals surface area contributed by atoms with E-state index >= 15 is 0 Å². The van der Waals surface area contributed by atoms with Crippen molar-refractivity contribution in [2.45, 2.75) is 59.5 Å². The molecular weight excluding hydrogens is 486 g/mol. The third-order valence-electron chi connectivity index (χ3n) is 5.95. The van der Waals surface area contributed by atoms with Crippen LogP contribution >= 0.6 is 11.6 Å². The van der Waals surface area contributed by atoms with Gasteiger partial charge in [0, 0.05) is 31.1 Å². The van der Waals surface area contributed by atoms with E-state index in [0.717, 1.165) is 29.4 Å². The number of aryl methyl sites for hydroxylation is 2. The Morgan fingerprint density at radius 3 is 2.37 bits per heavy atom. The minimum absolute atomic E-state index is 0.0900. The number of halogens is 1. The SMILES string of the molecule is CCCNC(=O)[C@@H](C)N(Cc1ccccc1Cl)C(=O)CCCN(c1ccc(C)c(C)c1)S(C)(=O)=O. The van der Waals surface area contributed by atoms with Gasteiger partial charge in [-0.05, 0) is 68.5 Å². The van der Waals surface area contributed by atoms with Gasteiger partial charge in [0.2, 0.25) is 21.8 Å². The molecule has 0 saturated heterocycles. The number of hydrogen-bond donors (Lipinski definition) is 1. The number of benzene rings is 2. The van der Waals surface area contributed by atoms with Crippen LogP contribution in [-0.4, -0.2) is 50.5 Å². The highest BCUT2D eigenvalue weighted by Gasteiger charge is 2.27. The Kier molecular flexibility index (Phi) is 10.6. The highest BCUT2D eigenvalue weighted by Crippen LogP contribution is 2.23. The molecule has 0 aliphatic carbocycles. The van der Waals surface area contributed by atoms with Gasteiger partial charge in [0.15, 0.2) is 0 Å². The Hall–Kier alpha value is -2.58. The van der Waals surface area contributed by atoms with Gasteiger partial charge in [-0.1, -0.05) is 42.8 Å². The summed E-state index contributed by atoms with van der Waals surface area (Å²) in [5, 5.41) is 3.36. The topological polar surface area (TPSA) is 86.8 Å². The van der Waals surface area contributed by atoms with Crippen molar-refractivity contribution in [3.63, 3.8) is 0 Å². The molecule has 2 rings (SSSR count). The molecule has 0 spiro atoms. The molecular formula is C26H36ClN3O4S. The first-order valence-electron chi connectivity index (χ1n) is 11.8. The van der Waals surface area contributed by atoms with Gasteiger partial charge >= 0.3 is 0 Å². The van der Waals surface area contributed by atoms with Gasteiger partial charge in [0.05, 0.1) is 11.9 Å². The van der Waals surface area contributed by atoms with E-state index in [2.05, 4.69) is 5.32 Å². The Morgan fingerprint density at radius 1 is 1.09 bits per heavy atom. The molecule has 1 atom stereocenters. The quantitative estimate of drug-likeness (QED) is 0.447. The van der Waals surface area contributed by atoms with Gasteiger partial charge in [0.25, 0.3) is 0 Å². The molecule has 2 amide bonds. The molecule has 2 aromatic carbocycles. The van der Waals surface area contributed by atoms with E-state index in [4.69, 9.17) is 11.6 Å². The number of carbonyl (C=O) groups excluding carboxylic acids is 2. The zero-order valence-electron chi connectivity index (χ0n) is 21.2. The minimum Gasteiger partial charge on any atom is -0.354 e. The second-order valence-corrected chi connectivity index (χ2v) is 11.1. The van der Waals surface area contributed by atoms with Crippen LogP contribution in [0.3, 0.4) is 0 Å². The zero-order valence-corrected chi connectivity index (χ0v) is 22.7. The van der Waals surface area contributed by atoms with Crippen LogP contribution in [0.4, 0.5) is 5.69 Å². The molecule has 0 saturated carbocycles. The first kappa shape index (κ1) is 28.7. The molecule has 9 heteroatoms. The molecule has 35 heavy (non-hydrogen) atoms. The Labute approximate surface area is 214 Å². The van der Waals surface area contributed by atoms with Crippen molar-refractivity contribution >= 4 is 39.1 Å². The predicted octanol–water partition coefficient (Wildman–Crippen LogP) is 4.45. The molecule has 1 N–H and O–H groups in total. The third kappa shape index (κ3) is 8.25. The van der Waals surface area contributed by atoms with Crippen molar-refractivity contribution in [2.75, 3.05) is 23.7 Å². The number of hydrogen-bond acceptors (Lipinski definition) is 4. The molecule has 0 aliphatic rings.